The van der Waals surface area contributed by atoms with Crippen LogP contribution in [0.4, 0.5) is 0 Å². The number of benzene rings is 1. The van der Waals surface area contributed by atoms with Crippen molar-refractivity contribution in [3.63, 3.8) is 0 Å². The van der Waals surface area contributed by atoms with Crippen LogP contribution in [-0.2, 0) is 0 Å². The Morgan fingerprint density at radius 2 is 1.85 bits per heavy atom. The van der Waals surface area contributed by atoms with E-state index in [0.717, 1.165) is 0 Å². The summed E-state index contributed by atoms with van der Waals surface area (Å²) in [6.45, 7) is 6.53. The summed E-state index contributed by atoms with van der Waals surface area (Å²) in [6, 6.07) is 6.46. The lowest BCUT2D eigenvalue weighted by atomic mass is 10.1. The highest BCUT2D eigenvalue weighted by Crippen LogP contribution is 2.29. The third-order valence-electron chi connectivity index (χ3n) is 2.67. The van der Waals surface area contributed by atoms with E-state index in [9.17, 15) is 0 Å². The molecule has 68 valence electrons. The van der Waals surface area contributed by atoms with Gasteiger partial charge in [0.25, 0.3) is 0 Å². The molecular formula is C11H12IN. The first kappa shape index (κ1) is 9.06. The molecule has 0 aliphatic carbocycles. The van der Waals surface area contributed by atoms with Gasteiger partial charge in [0.2, 0.25) is 0 Å². The van der Waals surface area contributed by atoms with Crippen molar-refractivity contribution < 1.29 is 0 Å². The summed E-state index contributed by atoms with van der Waals surface area (Å²) in [5.41, 5.74) is 5.46. The van der Waals surface area contributed by atoms with Gasteiger partial charge in [-0.25, -0.2) is 0 Å². The van der Waals surface area contributed by atoms with Crippen molar-refractivity contribution in [1.82, 2.24) is 2.78 Å². The monoisotopic (exact) mass is 285 g/mol. The van der Waals surface area contributed by atoms with Crippen molar-refractivity contribution in [3.05, 3.63) is 35.0 Å². The number of halogens is 1. The van der Waals surface area contributed by atoms with Gasteiger partial charge in [0.15, 0.2) is 0 Å². The Labute approximate surface area is 92.2 Å². The maximum absolute atomic E-state index is 2.36. The number of hydrogen-bond acceptors (Lipinski definition) is 0. The van der Waals surface area contributed by atoms with Crippen LogP contribution >= 0.6 is 22.9 Å². The van der Waals surface area contributed by atoms with E-state index in [-0.39, 0.29) is 0 Å². The molecule has 0 aliphatic heterocycles. The molecule has 2 heteroatoms. The molecule has 0 N–H and O–H groups in total. The molecule has 1 aromatic heterocycles. The zero-order valence-corrected chi connectivity index (χ0v) is 10.2. The van der Waals surface area contributed by atoms with Crippen LogP contribution in [0.1, 0.15) is 16.8 Å². The highest BCUT2D eigenvalue weighted by atomic mass is 127. The minimum Gasteiger partial charge on any atom is -0.286 e. The molecule has 0 atom stereocenters. The van der Waals surface area contributed by atoms with Crippen LogP contribution in [0.2, 0.25) is 0 Å². The molecule has 0 saturated carbocycles. The summed E-state index contributed by atoms with van der Waals surface area (Å²) in [7, 11) is 0. The zero-order chi connectivity index (χ0) is 9.59. The maximum atomic E-state index is 2.36. The van der Waals surface area contributed by atoms with Crippen LogP contribution in [0.5, 0.6) is 0 Å². The topological polar surface area (TPSA) is 4.93 Å². The number of fused-ring (bicyclic) bond motifs is 1. The van der Waals surface area contributed by atoms with Gasteiger partial charge >= 0.3 is 0 Å². The molecule has 2 aromatic rings. The predicted octanol–water partition coefficient (Wildman–Crippen LogP) is 3.76. The lowest BCUT2D eigenvalue weighted by molar-refractivity contribution is 1.23. The molecule has 0 spiro atoms. The van der Waals surface area contributed by atoms with Gasteiger partial charge in [-0.2, -0.15) is 0 Å². The van der Waals surface area contributed by atoms with Crippen molar-refractivity contribution in [2.24, 2.45) is 0 Å². The van der Waals surface area contributed by atoms with Crippen molar-refractivity contribution >= 4 is 33.8 Å². The van der Waals surface area contributed by atoms with Crippen molar-refractivity contribution in [2.45, 2.75) is 20.8 Å². The van der Waals surface area contributed by atoms with E-state index < -0.39 is 0 Å². The first-order chi connectivity index (χ1) is 6.13. The van der Waals surface area contributed by atoms with E-state index in [4.69, 9.17) is 0 Å². The van der Waals surface area contributed by atoms with E-state index in [0.29, 0.717) is 0 Å². The van der Waals surface area contributed by atoms with E-state index in [2.05, 4.69) is 64.6 Å². The zero-order valence-electron chi connectivity index (χ0n) is 8.06. The summed E-state index contributed by atoms with van der Waals surface area (Å²) in [4.78, 5) is 0. The number of rotatable bonds is 0. The van der Waals surface area contributed by atoms with Crippen LogP contribution in [0, 0.1) is 20.8 Å². The Kier molecular flexibility index (Phi) is 2.10. The lowest BCUT2D eigenvalue weighted by Crippen LogP contribution is -1.81. The van der Waals surface area contributed by atoms with E-state index in [1.807, 2.05) is 0 Å². The van der Waals surface area contributed by atoms with Crippen molar-refractivity contribution in [3.8, 4) is 0 Å². The first-order valence-electron chi connectivity index (χ1n) is 4.36. The minimum absolute atomic E-state index is 1.33. The second-order valence-electron chi connectivity index (χ2n) is 3.46. The smallest absolute Gasteiger partial charge is 0.0643 e. The number of aromatic nitrogens is 1. The molecule has 0 saturated heterocycles. The molecule has 0 unspecified atom stereocenters. The fourth-order valence-corrected chi connectivity index (χ4v) is 2.58. The largest absolute Gasteiger partial charge is 0.286 e. The Bertz CT molecular complexity index is 468. The van der Waals surface area contributed by atoms with Crippen LogP contribution < -0.4 is 0 Å². The highest BCUT2D eigenvalue weighted by Gasteiger charge is 2.09. The second kappa shape index (κ2) is 3.01. The van der Waals surface area contributed by atoms with Crippen LogP contribution in [0.25, 0.3) is 10.9 Å². The molecule has 0 bridgehead atoms. The van der Waals surface area contributed by atoms with E-state index >= 15 is 0 Å². The Morgan fingerprint density at radius 3 is 2.46 bits per heavy atom. The molecule has 0 radical (unpaired) electrons. The second-order valence-corrected chi connectivity index (χ2v) is 4.43. The molecule has 1 aromatic carbocycles. The van der Waals surface area contributed by atoms with Gasteiger partial charge in [-0.15, -0.1) is 0 Å². The van der Waals surface area contributed by atoms with Gasteiger partial charge < -0.3 is 0 Å². The third-order valence-corrected chi connectivity index (χ3v) is 3.92. The Morgan fingerprint density at radius 1 is 1.15 bits per heavy atom. The summed E-state index contributed by atoms with van der Waals surface area (Å²) >= 11 is 2.36. The fourth-order valence-electron chi connectivity index (χ4n) is 1.81. The van der Waals surface area contributed by atoms with Gasteiger partial charge in [-0.05, 0) is 38.0 Å². The summed E-state index contributed by atoms with van der Waals surface area (Å²) in [5.74, 6) is 0. The minimum atomic E-state index is 1.33. The predicted molar refractivity (Wildman–Crippen MR) is 65.6 cm³/mol. The van der Waals surface area contributed by atoms with E-state index in [1.165, 1.54) is 27.7 Å². The number of hydrogen-bond donors (Lipinski definition) is 0. The number of nitrogens with zero attached hydrogens (tertiary/aromatic N) is 1. The van der Waals surface area contributed by atoms with Crippen LogP contribution in [0.3, 0.4) is 0 Å². The van der Waals surface area contributed by atoms with Crippen LogP contribution in [0.15, 0.2) is 18.2 Å². The fraction of sp³-hybridized carbons (Fsp3) is 0.273. The highest BCUT2D eigenvalue weighted by molar-refractivity contribution is 14.1. The summed E-state index contributed by atoms with van der Waals surface area (Å²) in [6.07, 6.45) is 0. The molecule has 0 aliphatic rings. The lowest BCUT2D eigenvalue weighted by Gasteiger charge is -1.97. The van der Waals surface area contributed by atoms with Crippen molar-refractivity contribution in [1.29, 1.82) is 0 Å². The molecule has 1 nitrogen and oxygen atoms in total. The van der Waals surface area contributed by atoms with E-state index in [1.54, 1.807) is 0 Å². The molecule has 1 heterocycles. The van der Waals surface area contributed by atoms with Crippen LogP contribution in [-0.4, -0.2) is 2.78 Å². The summed E-state index contributed by atoms with van der Waals surface area (Å²) in [5, 5.41) is 1.41. The normalized spacial score (nSPS) is 11.1. The summed E-state index contributed by atoms with van der Waals surface area (Å²) < 4.78 is 2.23. The molecule has 0 fully saturated rings. The Hall–Kier alpha value is -0.510. The maximum Gasteiger partial charge on any atom is 0.0643 e. The average molecular weight is 285 g/mol. The number of aryl methyl sites for hydroxylation is 2. The van der Waals surface area contributed by atoms with Gasteiger partial charge in [0.05, 0.1) is 28.4 Å². The molecule has 2 rings (SSSR count). The third kappa shape index (κ3) is 1.19. The SMILES string of the molecule is Cc1cccc2c1c(C)c(C)n2I. The molecular weight excluding hydrogens is 273 g/mol. The van der Waals surface area contributed by atoms with Gasteiger partial charge in [0, 0.05) is 11.1 Å². The van der Waals surface area contributed by atoms with Gasteiger partial charge in [-0.1, -0.05) is 12.1 Å². The van der Waals surface area contributed by atoms with Gasteiger partial charge in [-0.3, -0.25) is 2.78 Å². The average Bonchev–Trinajstić information content (AvgIpc) is 2.33. The quantitative estimate of drug-likeness (QED) is 0.649. The van der Waals surface area contributed by atoms with Gasteiger partial charge in [0.1, 0.15) is 0 Å². The van der Waals surface area contributed by atoms with Crippen molar-refractivity contribution in [2.75, 3.05) is 0 Å². The first-order valence-corrected chi connectivity index (χ1v) is 5.33. The standard InChI is InChI=1S/C11H12IN/c1-7-5-4-6-10-11(7)8(2)9(3)13(10)12/h4-6H,1-3H3. The molecule has 13 heavy (non-hydrogen) atoms. The Balaban J connectivity index is 3.03. The molecule has 0 amide bonds.